The first-order valence-electron chi connectivity index (χ1n) is 20.3. The second-order valence-corrected chi connectivity index (χ2v) is 16.3. The fraction of sp³-hybridized carbons (Fsp3) is 0.161. The SMILES string of the molecule is C=C/C(=C\C=C(\C)Cc1ccccc1C)C1=CC2(C=C=C1)c1ccc3c(sc4ccccc43)c12.CCC.Cc1cccc2c1oc1ccccc12.Cc1ccccc1. The van der Waals surface area contributed by atoms with E-state index in [-0.39, 0.29) is 5.41 Å². The van der Waals surface area contributed by atoms with E-state index in [0.29, 0.717) is 0 Å². The van der Waals surface area contributed by atoms with Gasteiger partial charge in [0.05, 0.1) is 5.41 Å². The third kappa shape index (κ3) is 8.41. The van der Waals surface area contributed by atoms with Crippen LogP contribution < -0.4 is 0 Å². The number of hydrogen-bond acceptors (Lipinski definition) is 2. The zero-order valence-electron chi connectivity index (χ0n) is 34.6. The second-order valence-electron chi connectivity index (χ2n) is 15.2. The van der Waals surface area contributed by atoms with Crippen molar-refractivity contribution in [1.82, 2.24) is 0 Å². The number of aryl methyl sites for hydroxylation is 3. The highest BCUT2D eigenvalue weighted by Gasteiger charge is 2.49. The van der Waals surface area contributed by atoms with Crippen molar-refractivity contribution in [1.29, 1.82) is 0 Å². The van der Waals surface area contributed by atoms with Gasteiger partial charge in [-0.3, -0.25) is 0 Å². The van der Waals surface area contributed by atoms with Gasteiger partial charge in [-0.05, 0) is 97.4 Å². The molecule has 0 amide bonds. The lowest BCUT2D eigenvalue weighted by Gasteiger charge is -2.12. The Labute approximate surface area is 348 Å². The van der Waals surface area contributed by atoms with Crippen LogP contribution >= 0.6 is 11.3 Å². The molecule has 0 aliphatic heterocycles. The molecule has 1 atom stereocenters. The molecule has 58 heavy (non-hydrogen) atoms. The van der Waals surface area contributed by atoms with Crippen LogP contribution in [0.5, 0.6) is 0 Å². The van der Waals surface area contributed by atoms with Gasteiger partial charge in [0, 0.05) is 30.9 Å². The molecule has 288 valence electrons. The summed E-state index contributed by atoms with van der Waals surface area (Å²) in [5.41, 5.74) is 17.0. The molecule has 2 aliphatic carbocycles. The number of benzene rings is 6. The normalized spacial score (nSPS) is 15.2. The lowest BCUT2D eigenvalue weighted by Crippen LogP contribution is -2.03. The van der Waals surface area contributed by atoms with Crippen molar-refractivity contribution < 1.29 is 4.42 Å². The van der Waals surface area contributed by atoms with Crippen LogP contribution in [-0.4, -0.2) is 0 Å². The maximum Gasteiger partial charge on any atom is 0.138 e. The summed E-state index contributed by atoms with van der Waals surface area (Å²) in [7, 11) is 0. The Morgan fingerprint density at radius 2 is 1.38 bits per heavy atom. The number of hydrogen-bond donors (Lipinski definition) is 0. The van der Waals surface area contributed by atoms with Crippen LogP contribution in [0.4, 0.5) is 0 Å². The van der Waals surface area contributed by atoms with E-state index in [1.165, 1.54) is 81.9 Å². The molecule has 0 fully saturated rings. The average Bonchev–Trinajstić information content (AvgIpc) is 3.49. The lowest BCUT2D eigenvalue weighted by molar-refractivity contribution is 0.666. The molecule has 8 aromatic rings. The van der Waals surface area contributed by atoms with Crippen LogP contribution in [0.2, 0.25) is 0 Å². The van der Waals surface area contributed by atoms with Crippen LogP contribution in [0, 0.1) is 20.8 Å². The van der Waals surface area contributed by atoms with Crippen molar-refractivity contribution in [2.75, 3.05) is 0 Å². The highest BCUT2D eigenvalue weighted by atomic mass is 32.1. The highest BCUT2D eigenvalue weighted by molar-refractivity contribution is 7.26. The van der Waals surface area contributed by atoms with Crippen LogP contribution in [0.3, 0.4) is 0 Å². The van der Waals surface area contributed by atoms with Crippen LogP contribution in [0.1, 0.15) is 60.6 Å². The molecule has 10 rings (SSSR count). The fourth-order valence-electron chi connectivity index (χ4n) is 7.61. The molecule has 1 nitrogen and oxygen atoms in total. The number of thiophene rings is 1. The van der Waals surface area contributed by atoms with Crippen molar-refractivity contribution in [3.05, 3.63) is 232 Å². The molecule has 0 saturated heterocycles. The van der Waals surface area contributed by atoms with Gasteiger partial charge in [-0.1, -0.05) is 184 Å². The molecule has 0 bridgehead atoms. The minimum atomic E-state index is -0.130. The molecule has 2 aliphatic rings. The summed E-state index contributed by atoms with van der Waals surface area (Å²) in [5.74, 6) is 0. The van der Waals surface area contributed by atoms with E-state index in [1.54, 1.807) is 0 Å². The zero-order valence-corrected chi connectivity index (χ0v) is 35.4. The Balaban J connectivity index is 0.000000173. The van der Waals surface area contributed by atoms with E-state index < -0.39 is 0 Å². The molecule has 6 aromatic carbocycles. The maximum atomic E-state index is 5.78. The number of furan rings is 1. The molecule has 2 aromatic heterocycles. The lowest BCUT2D eigenvalue weighted by atomic mass is 9.90. The maximum absolute atomic E-state index is 5.78. The van der Waals surface area contributed by atoms with Gasteiger partial charge in [-0.15, -0.1) is 17.1 Å². The second kappa shape index (κ2) is 18.0. The predicted molar refractivity (Wildman–Crippen MR) is 253 cm³/mol. The summed E-state index contributed by atoms with van der Waals surface area (Å²) in [4.78, 5) is 0. The van der Waals surface area contributed by atoms with Gasteiger partial charge in [0.2, 0.25) is 0 Å². The summed E-state index contributed by atoms with van der Waals surface area (Å²) in [6.45, 7) is 16.9. The van der Waals surface area contributed by atoms with Crippen molar-refractivity contribution >= 4 is 53.4 Å². The smallest absolute Gasteiger partial charge is 0.138 e. The topological polar surface area (TPSA) is 13.1 Å². The quantitative estimate of drug-likeness (QED) is 0.125. The van der Waals surface area contributed by atoms with E-state index in [2.05, 4.69) is 181 Å². The summed E-state index contributed by atoms with van der Waals surface area (Å²) in [6, 6.07) is 46.6. The average molecular weight is 773 g/mol. The van der Waals surface area contributed by atoms with Gasteiger partial charge in [-0.2, -0.15) is 0 Å². The summed E-state index contributed by atoms with van der Waals surface area (Å²) < 4.78 is 8.55. The number of para-hydroxylation sites is 2. The van der Waals surface area contributed by atoms with Crippen LogP contribution in [-0.2, 0) is 11.8 Å². The zero-order chi connectivity index (χ0) is 40.6. The number of fused-ring (bicyclic) bond motifs is 10. The molecule has 1 spiro atoms. The predicted octanol–water partition coefficient (Wildman–Crippen LogP) is 16.2. The first kappa shape index (κ1) is 40.0. The monoisotopic (exact) mass is 772 g/mol. The highest BCUT2D eigenvalue weighted by Crippen LogP contribution is 2.59. The minimum absolute atomic E-state index is 0.130. The summed E-state index contributed by atoms with van der Waals surface area (Å²) >= 11 is 1.91. The molecule has 0 saturated carbocycles. The Morgan fingerprint density at radius 1 is 0.707 bits per heavy atom. The van der Waals surface area contributed by atoms with Gasteiger partial charge in [0.1, 0.15) is 11.2 Å². The molecule has 1 unspecified atom stereocenters. The Kier molecular flexibility index (Phi) is 12.4. The minimum Gasteiger partial charge on any atom is -0.456 e. The van der Waals surface area contributed by atoms with Crippen molar-refractivity contribution in [2.24, 2.45) is 0 Å². The van der Waals surface area contributed by atoms with E-state index in [1.807, 2.05) is 53.8 Å². The van der Waals surface area contributed by atoms with E-state index in [0.717, 1.165) is 23.2 Å². The first-order valence-corrected chi connectivity index (χ1v) is 21.1. The van der Waals surface area contributed by atoms with E-state index >= 15 is 0 Å². The Hall–Kier alpha value is -6.18. The third-order valence-corrected chi connectivity index (χ3v) is 11.9. The van der Waals surface area contributed by atoms with Gasteiger partial charge >= 0.3 is 0 Å². The molecular formula is C56H52OS. The molecular weight excluding hydrogens is 721 g/mol. The van der Waals surface area contributed by atoms with Crippen LogP contribution in [0.25, 0.3) is 42.1 Å². The molecule has 0 N–H and O–H groups in total. The van der Waals surface area contributed by atoms with Gasteiger partial charge in [-0.25, -0.2) is 0 Å². The van der Waals surface area contributed by atoms with Gasteiger partial charge in [0.25, 0.3) is 0 Å². The van der Waals surface area contributed by atoms with Gasteiger partial charge < -0.3 is 4.42 Å². The third-order valence-electron chi connectivity index (χ3n) is 10.6. The van der Waals surface area contributed by atoms with E-state index in [4.69, 9.17) is 4.42 Å². The Morgan fingerprint density at radius 3 is 2.12 bits per heavy atom. The van der Waals surface area contributed by atoms with Crippen molar-refractivity contribution in [2.45, 2.75) is 59.8 Å². The number of allylic oxidation sites excluding steroid dienone is 8. The van der Waals surface area contributed by atoms with Crippen molar-refractivity contribution in [3.8, 4) is 0 Å². The van der Waals surface area contributed by atoms with Crippen LogP contribution in [0.15, 0.2) is 203 Å². The fourth-order valence-corrected chi connectivity index (χ4v) is 8.93. The summed E-state index contributed by atoms with van der Waals surface area (Å²) in [5, 5.41) is 5.13. The van der Waals surface area contributed by atoms with Gasteiger partial charge in [0.15, 0.2) is 0 Å². The number of rotatable bonds is 5. The first-order chi connectivity index (χ1) is 28.3. The Bertz CT molecular complexity index is 2900. The molecule has 0 radical (unpaired) electrons. The largest absolute Gasteiger partial charge is 0.456 e. The summed E-state index contributed by atoms with van der Waals surface area (Å²) in [6.07, 6.45) is 15.3. The molecule has 2 heterocycles. The standard InChI is InChI=1S/C33H26S.C13H10O.C7H8.C3H8/c1-4-24(16-15-22(2)20-25-11-6-5-10-23(25)3)26-12-9-19-33(21-26)29-18-17-28-27-13-7-8-14-30(27)34-32(28)31(29)33;1-9-5-4-7-11-10-6-2-3-8-12(10)14-13(9)11;1-7-5-3-2-4-6-7;1-3-2/h4-8,10-19,21H,1,20H2,2-3H3;2-8H,1H3;2-6H,1H3;3H2,1-2H3/b22-15-,24-16+;;;. The van der Waals surface area contributed by atoms with Crippen molar-refractivity contribution in [3.63, 3.8) is 0 Å². The van der Waals surface area contributed by atoms with E-state index in [9.17, 15) is 0 Å². The molecule has 2 heteroatoms.